The van der Waals surface area contributed by atoms with Crippen molar-refractivity contribution in [2.45, 2.75) is 46.1 Å². The Kier molecular flexibility index (Phi) is 2.82. The second-order valence-electron chi connectivity index (χ2n) is 5.23. The van der Waals surface area contributed by atoms with Crippen LogP contribution in [0.1, 0.15) is 35.6 Å². The Morgan fingerprint density at radius 3 is 2.41 bits per heavy atom. The lowest BCUT2D eigenvalue weighted by atomic mass is 9.91. The maximum Gasteiger partial charge on any atom is 0.127 e. The van der Waals surface area contributed by atoms with Crippen LogP contribution in [0, 0.1) is 20.8 Å². The molecule has 0 amide bonds. The van der Waals surface area contributed by atoms with Crippen molar-refractivity contribution in [3.63, 3.8) is 0 Å². The van der Waals surface area contributed by atoms with Crippen molar-refractivity contribution in [1.82, 2.24) is 0 Å². The van der Waals surface area contributed by atoms with E-state index in [1.54, 1.807) is 0 Å². The average Bonchev–Trinajstić information content (AvgIpc) is 2.62. The molecule has 3 heteroatoms. The fraction of sp³-hybridized carbons (Fsp3) is 0.571. The molecule has 2 N–H and O–H groups in total. The van der Waals surface area contributed by atoms with E-state index >= 15 is 0 Å². The second-order valence-corrected chi connectivity index (χ2v) is 5.23. The van der Waals surface area contributed by atoms with E-state index < -0.39 is 0 Å². The Morgan fingerprint density at radius 1 is 1.18 bits per heavy atom. The molecule has 17 heavy (non-hydrogen) atoms. The Labute approximate surface area is 102 Å². The molecule has 0 unspecified atom stereocenters. The highest BCUT2D eigenvalue weighted by molar-refractivity contribution is 5.59. The van der Waals surface area contributed by atoms with Gasteiger partial charge in [0.1, 0.15) is 17.1 Å². The summed E-state index contributed by atoms with van der Waals surface area (Å²) in [6.45, 7) is 7.93. The van der Waals surface area contributed by atoms with Gasteiger partial charge in [0.2, 0.25) is 0 Å². The molecule has 0 aliphatic carbocycles. The summed E-state index contributed by atoms with van der Waals surface area (Å²) in [5, 5.41) is 19.1. The summed E-state index contributed by atoms with van der Waals surface area (Å²) in [5.74, 6) is 1.27. The van der Waals surface area contributed by atoms with E-state index in [9.17, 15) is 5.11 Å². The van der Waals surface area contributed by atoms with Gasteiger partial charge in [0, 0.05) is 25.0 Å². The Balaban J connectivity index is 2.52. The molecular formula is C14H20O3. The summed E-state index contributed by atoms with van der Waals surface area (Å²) in [7, 11) is 0. The van der Waals surface area contributed by atoms with E-state index in [-0.39, 0.29) is 12.2 Å². The topological polar surface area (TPSA) is 49.7 Å². The molecule has 0 fully saturated rings. The predicted octanol–water partition coefficient (Wildman–Crippen LogP) is 2.39. The fourth-order valence-electron chi connectivity index (χ4n) is 2.55. The number of aliphatic hydroxyl groups is 1. The number of hydrogen-bond donors (Lipinski definition) is 2. The standard InChI is InChI=1S/C14H20O3/c1-8-9(2)13-11(10(3)12(8)16)7-14(4,17-13)5-6-15/h15-16H,5-7H2,1-4H3/t14-/m1/s1. The highest BCUT2D eigenvalue weighted by Crippen LogP contribution is 2.45. The number of phenolic OH excluding ortho intramolecular Hbond substituents is 1. The van der Waals surface area contributed by atoms with Gasteiger partial charge in [-0.15, -0.1) is 0 Å². The molecule has 1 aromatic carbocycles. The van der Waals surface area contributed by atoms with Crippen LogP contribution in [-0.2, 0) is 6.42 Å². The number of hydrogen-bond acceptors (Lipinski definition) is 3. The van der Waals surface area contributed by atoms with Crippen molar-refractivity contribution in [1.29, 1.82) is 0 Å². The minimum absolute atomic E-state index is 0.119. The summed E-state index contributed by atoms with van der Waals surface area (Å²) in [6.07, 6.45) is 1.36. The minimum Gasteiger partial charge on any atom is -0.507 e. The van der Waals surface area contributed by atoms with Crippen LogP contribution in [-0.4, -0.2) is 22.4 Å². The smallest absolute Gasteiger partial charge is 0.127 e. The molecule has 3 nitrogen and oxygen atoms in total. The molecule has 1 heterocycles. The molecule has 1 aliphatic heterocycles. The van der Waals surface area contributed by atoms with Crippen molar-refractivity contribution in [3.05, 3.63) is 22.3 Å². The van der Waals surface area contributed by atoms with Gasteiger partial charge in [-0.1, -0.05) is 0 Å². The first kappa shape index (κ1) is 12.2. The van der Waals surface area contributed by atoms with Crippen LogP contribution in [0.2, 0.25) is 0 Å². The van der Waals surface area contributed by atoms with E-state index in [1.165, 1.54) is 0 Å². The van der Waals surface area contributed by atoms with Gasteiger partial charge in [-0.2, -0.15) is 0 Å². The van der Waals surface area contributed by atoms with Crippen molar-refractivity contribution in [2.24, 2.45) is 0 Å². The van der Waals surface area contributed by atoms with Gasteiger partial charge in [-0.3, -0.25) is 0 Å². The third-order valence-electron chi connectivity index (χ3n) is 3.88. The molecule has 0 bridgehead atoms. The van der Waals surface area contributed by atoms with Gasteiger partial charge in [-0.25, -0.2) is 0 Å². The van der Waals surface area contributed by atoms with Crippen LogP contribution >= 0.6 is 0 Å². The Bertz CT molecular complexity index is 426. The van der Waals surface area contributed by atoms with Gasteiger partial charge < -0.3 is 14.9 Å². The van der Waals surface area contributed by atoms with Crippen LogP contribution in [0.3, 0.4) is 0 Å². The third kappa shape index (κ3) is 1.78. The van der Waals surface area contributed by atoms with E-state index in [4.69, 9.17) is 9.84 Å². The number of fused-ring (bicyclic) bond motifs is 1. The summed E-state index contributed by atoms with van der Waals surface area (Å²) in [4.78, 5) is 0. The van der Waals surface area contributed by atoms with Crippen molar-refractivity contribution < 1.29 is 14.9 Å². The lowest BCUT2D eigenvalue weighted by Gasteiger charge is -2.23. The van der Waals surface area contributed by atoms with E-state index in [2.05, 4.69) is 0 Å². The molecule has 94 valence electrons. The number of aliphatic hydroxyl groups excluding tert-OH is 1. The molecule has 0 saturated carbocycles. The predicted molar refractivity (Wildman–Crippen MR) is 66.8 cm³/mol. The highest BCUT2D eigenvalue weighted by Gasteiger charge is 2.37. The second kappa shape index (κ2) is 3.91. The largest absolute Gasteiger partial charge is 0.507 e. The van der Waals surface area contributed by atoms with Crippen molar-refractivity contribution in [2.75, 3.05) is 6.61 Å². The SMILES string of the molecule is Cc1c(C)c2c(c(C)c1O)C[C@@](C)(CCO)O2. The monoisotopic (exact) mass is 236 g/mol. The number of aromatic hydroxyl groups is 1. The number of benzene rings is 1. The maximum atomic E-state index is 10.0. The first-order chi connectivity index (χ1) is 7.89. The summed E-state index contributed by atoms with van der Waals surface area (Å²) >= 11 is 0. The lowest BCUT2D eigenvalue weighted by molar-refractivity contribution is 0.0805. The first-order valence-corrected chi connectivity index (χ1v) is 6.01. The number of ether oxygens (including phenoxy) is 1. The first-order valence-electron chi connectivity index (χ1n) is 6.01. The van der Waals surface area contributed by atoms with Gasteiger partial charge >= 0.3 is 0 Å². The zero-order valence-electron chi connectivity index (χ0n) is 10.9. The Hall–Kier alpha value is -1.22. The average molecular weight is 236 g/mol. The van der Waals surface area contributed by atoms with E-state index in [0.717, 1.165) is 34.4 Å². The zero-order valence-corrected chi connectivity index (χ0v) is 10.9. The fourth-order valence-corrected chi connectivity index (χ4v) is 2.55. The van der Waals surface area contributed by atoms with Crippen LogP contribution in [0.15, 0.2) is 0 Å². The van der Waals surface area contributed by atoms with Crippen LogP contribution in [0.4, 0.5) is 0 Å². The molecule has 0 aromatic heterocycles. The molecule has 2 rings (SSSR count). The molecule has 0 saturated heterocycles. The highest BCUT2D eigenvalue weighted by atomic mass is 16.5. The van der Waals surface area contributed by atoms with Gasteiger partial charge in [0.25, 0.3) is 0 Å². The summed E-state index contributed by atoms with van der Waals surface area (Å²) in [6, 6.07) is 0. The molecule has 0 radical (unpaired) electrons. The Morgan fingerprint density at radius 2 is 1.82 bits per heavy atom. The van der Waals surface area contributed by atoms with Crippen LogP contribution in [0.5, 0.6) is 11.5 Å². The molecule has 1 aromatic rings. The zero-order chi connectivity index (χ0) is 12.8. The number of phenols is 1. The van der Waals surface area contributed by atoms with E-state index in [0.29, 0.717) is 12.2 Å². The summed E-state index contributed by atoms with van der Waals surface area (Å²) in [5.41, 5.74) is 3.54. The minimum atomic E-state index is -0.340. The third-order valence-corrected chi connectivity index (χ3v) is 3.88. The van der Waals surface area contributed by atoms with Gasteiger partial charge in [-0.05, 0) is 44.4 Å². The van der Waals surface area contributed by atoms with Gasteiger partial charge in [0.15, 0.2) is 0 Å². The molecule has 1 atom stereocenters. The quantitative estimate of drug-likeness (QED) is 0.829. The van der Waals surface area contributed by atoms with Crippen LogP contribution in [0.25, 0.3) is 0 Å². The normalized spacial score (nSPS) is 22.4. The maximum absolute atomic E-state index is 10.0. The van der Waals surface area contributed by atoms with Crippen molar-refractivity contribution in [3.8, 4) is 11.5 Å². The lowest BCUT2D eigenvalue weighted by Crippen LogP contribution is -2.31. The molecule has 1 aliphatic rings. The van der Waals surface area contributed by atoms with E-state index in [1.807, 2.05) is 27.7 Å². The summed E-state index contributed by atoms with van der Waals surface area (Å²) < 4.78 is 6.01. The van der Waals surface area contributed by atoms with Crippen LogP contribution < -0.4 is 4.74 Å². The van der Waals surface area contributed by atoms with Gasteiger partial charge in [0.05, 0.1) is 0 Å². The number of rotatable bonds is 2. The van der Waals surface area contributed by atoms with Crippen molar-refractivity contribution >= 4 is 0 Å². The molecular weight excluding hydrogens is 216 g/mol. The molecule has 0 spiro atoms.